The number of halogens is 1. The van der Waals surface area contributed by atoms with Crippen LogP contribution in [0.3, 0.4) is 0 Å². The summed E-state index contributed by atoms with van der Waals surface area (Å²) in [6, 6.07) is 12.3. The molecule has 4 heteroatoms. The largest absolute Gasteiger partial charge is 0.392 e. The second-order valence-electron chi connectivity index (χ2n) is 4.33. The van der Waals surface area contributed by atoms with Crippen LogP contribution >= 0.6 is 11.6 Å². The number of carbonyl (C=O) groups is 1. The molecular weight excluding hydrogens is 262 g/mol. The number of hydrogen-bond donors (Lipinski definition) is 2. The minimum Gasteiger partial charge on any atom is -0.392 e. The Kier molecular flexibility index (Phi) is 4.20. The molecule has 19 heavy (non-hydrogen) atoms. The molecule has 0 atom stereocenters. The number of aliphatic hydroxyl groups excluding tert-OH is 1. The quantitative estimate of drug-likeness (QED) is 0.902. The predicted molar refractivity (Wildman–Crippen MR) is 76.5 cm³/mol. The molecule has 0 spiro atoms. The van der Waals surface area contributed by atoms with Gasteiger partial charge in [0.05, 0.1) is 6.61 Å². The maximum absolute atomic E-state index is 12.1. The Morgan fingerprint density at radius 3 is 2.74 bits per heavy atom. The Morgan fingerprint density at radius 1 is 1.26 bits per heavy atom. The van der Waals surface area contributed by atoms with Crippen molar-refractivity contribution < 1.29 is 9.90 Å². The van der Waals surface area contributed by atoms with E-state index < -0.39 is 0 Å². The van der Waals surface area contributed by atoms with Crippen molar-refractivity contribution in [2.45, 2.75) is 13.5 Å². The third-order valence-electron chi connectivity index (χ3n) is 2.67. The highest BCUT2D eigenvalue weighted by atomic mass is 35.5. The minimum absolute atomic E-state index is 0.0556. The monoisotopic (exact) mass is 275 g/mol. The maximum Gasteiger partial charge on any atom is 0.255 e. The molecule has 0 aliphatic carbocycles. The number of hydrogen-bond acceptors (Lipinski definition) is 2. The van der Waals surface area contributed by atoms with Gasteiger partial charge < -0.3 is 10.4 Å². The molecule has 2 aromatic carbocycles. The summed E-state index contributed by atoms with van der Waals surface area (Å²) in [5.74, 6) is -0.222. The summed E-state index contributed by atoms with van der Waals surface area (Å²) in [7, 11) is 0. The Hall–Kier alpha value is -1.84. The van der Waals surface area contributed by atoms with Crippen LogP contribution in [0.25, 0.3) is 0 Å². The van der Waals surface area contributed by atoms with Gasteiger partial charge in [-0.3, -0.25) is 4.79 Å². The third-order valence-corrected chi connectivity index (χ3v) is 2.89. The van der Waals surface area contributed by atoms with Crippen LogP contribution in [0.2, 0.25) is 5.02 Å². The Balaban J connectivity index is 2.20. The Bertz CT molecular complexity index is 591. The fourth-order valence-electron chi connectivity index (χ4n) is 1.82. The molecule has 2 rings (SSSR count). The number of carbonyl (C=O) groups excluding carboxylic acids is 1. The van der Waals surface area contributed by atoms with E-state index in [1.54, 1.807) is 42.5 Å². The SMILES string of the molecule is Cc1cc(Cl)cc(C(=O)Nc2cccc(CO)c2)c1. The van der Waals surface area contributed by atoms with Crippen molar-refractivity contribution in [3.05, 3.63) is 64.2 Å². The van der Waals surface area contributed by atoms with Crippen molar-refractivity contribution >= 4 is 23.2 Å². The molecule has 2 aromatic rings. The molecule has 98 valence electrons. The summed E-state index contributed by atoms with van der Waals surface area (Å²) < 4.78 is 0. The predicted octanol–water partition coefficient (Wildman–Crippen LogP) is 3.39. The fraction of sp³-hybridized carbons (Fsp3) is 0.133. The van der Waals surface area contributed by atoms with Gasteiger partial charge in [0.2, 0.25) is 0 Å². The lowest BCUT2D eigenvalue weighted by Gasteiger charge is -2.07. The van der Waals surface area contributed by atoms with Crippen molar-refractivity contribution in [1.29, 1.82) is 0 Å². The number of aryl methyl sites for hydroxylation is 1. The van der Waals surface area contributed by atoms with Crippen LogP contribution in [0.1, 0.15) is 21.5 Å². The van der Waals surface area contributed by atoms with Gasteiger partial charge in [-0.05, 0) is 48.4 Å². The van der Waals surface area contributed by atoms with E-state index in [2.05, 4.69) is 5.32 Å². The number of nitrogens with one attached hydrogen (secondary N) is 1. The summed E-state index contributed by atoms with van der Waals surface area (Å²) in [5, 5.41) is 12.4. The van der Waals surface area contributed by atoms with Crippen LogP contribution < -0.4 is 5.32 Å². The topological polar surface area (TPSA) is 49.3 Å². The van der Waals surface area contributed by atoms with Crippen LogP contribution in [0.5, 0.6) is 0 Å². The normalized spacial score (nSPS) is 10.3. The number of anilines is 1. The molecule has 3 nitrogen and oxygen atoms in total. The van der Waals surface area contributed by atoms with Gasteiger partial charge in [0.1, 0.15) is 0 Å². The number of benzene rings is 2. The molecule has 0 saturated carbocycles. The van der Waals surface area contributed by atoms with E-state index in [-0.39, 0.29) is 12.5 Å². The molecule has 2 N–H and O–H groups in total. The first-order chi connectivity index (χ1) is 9.08. The van der Waals surface area contributed by atoms with Gasteiger partial charge in [0.15, 0.2) is 0 Å². The van der Waals surface area contributed by atoms with Gasteiger partial charge >= 0.3 is 0 Å². The zero-order valence-corrected chi connectivity index (χ0v) is 11.2. The van der Waals surface area contributed by atoms with E-state index in [1.165, 1.54) is 0 Å². The van der Waals surface area contributed by atoms with Gasteiger partial charge in [-0.2, -0.15) is 0 Å². The van der Waals surface area contributed by atoms with Gasteiger partial charge in [0, 0.05) is 16.3 Å². The van der Waals surface area contributed by atoms with Crippen molar-refractivity contribution in [3.63, 3.8) is 0 Å². The zero-order valence-electron chi connectivity index (χ0n) is 10.5. The van der Waals surface area contributed by atoms with E-state index in [1.807, 2.05) is 6.92 Å². The first kappa shape index (κ1) is 13.6. The molecule has 0 aromatic heterocycles. The smallest absolute Gasteiger partial charge is 0.255 e. The van der Waals surface area contributed by atoms with Gasteiger partial charge in [-0.15, -0.1) is 0 Å². The summed E-state index contributed by atoms with van der Waals surface area (Å²) in [4.78, 5) is 12.1. The average Bonchev–Trinajstić information content (AvgIpc) is 2.37. The Labute approximate surface area is 116 Å². The number of rotatable bonds is 3. The molecule has 0 bridgehead atoms. The van der Waals surface area contributed by atoms with E-state index in [0.717, 1.165) is 11.1 Å². The highest BCUT2D eigenvalue weighted by Crippen LogP contribution is 2.17. The van der Waals surface area contributed by atoms with Crippen LogP contribution in [0.15, 0.2) is 42.5 Å². The second kappa shape index (κ2) is 5.87. The van der Waals surface area contributed by atoms with Gasteiger partial charge in [0.25, 0.3) is 5.91 Å². The lowest BCUT2D eigenvalue weighted by atomic mass is 10.1. The van der Waals surface area contributed by atoms with Crippen LogP contribution in [0.4, 0.5) is 5.69 Å². The molecule has 0 unspecified atom stereocenters. The first-order valence-electron chi connectivity index (χ1n) is 5.87. The molecule has 0 aliphatic heterocycles. The van der Waals surface area contributed by atoms with Crippen LogP contribution in [-0.4, -0.2) is 11.0 Å². The van der Waals surface area contributed by atoms with Gasteiger partial charge in [-0.1, -0.05) is 23.7 Å². The van der Waals surface area contributed by atoms with Gasteiger partial charge in [-0.25, -0.2) is 0 Å². The lowest BCUT2D eigenvalue weighted by molar-refractivity contribution is 0.102. The third kappa shape index (κ3) is 3.56. The summed E-state index contributed by atoms with van der Waals surface area (Å²) >= 11 is 5.93. The summed E-state index contributed by atoms with van der Waals surface area (Å²) in [5.41, 5.74) is 2.84. The lowest BCUT2D eigenvalue weighted by Crippen LogP contribution is -2.12. The van der Waals surface area contributed by atoms with Crippen molar-refractivity contribution in [3.8, 4) is 0 Å². The zero-order chi connectivity index (χ0) is 13.8. The summed E-state index contributed by atoms with van der Waals surface area (Å²) in [6.07, 6.45) is 0. The molecule has 0 heterocycles. The molecular formula is C15H14ClNO2. The fourth-order valence-corrected chi connectivity index (χ4v) is 2.11. The van der Waals surface area contributed by atoms with E-state index in [0.29, 0.717) is 16.3 Å². The first-order valence-corrected chi connectivity index (χ1v) is 6.24. The van der Waals surface area contributed by atoms with E-state index in [9.17, 15) is 4.79 Å². The van der Waals surface area contributed by atoms with Crippen molar-refractivity contribution in [2.24, 2.45) is 0 Å². The Morgan fingerprint density at radius 2 is 2.05 bits per heavy atom. The van der Waals surface area contributed by atoms with Crippen molar-refractivity contribution in [1.82, 2.24) is 0 Å². The highest BCUT2D eigenvalue weighted by Gasteiger charge is 2.08. The maximum atomic E-state index is 12.1. The average molecular weight is 276 g/mol. The minimum atomic E-state index is -0.222. The standard InChI is InChI=1S/C15H14ClNO2/c1-10-5-12(8-13(16)6-10)15(19)17-14-4-2-3-11(7-14)9-18/h2-8,18H,9H2,1H3,(H,17,19). The van der Waals surface area contributed by atoms with Crippen LogP contribution in [-0.2, 0) is 6.61 Å². The van der Waals surface area contributed by atoms with Crippen LogP contribution in [0, 0.1) is 6.92 Å². The van der Waals surface area contributed by atoms with Crippen molar-refractivity contribution in [2.75, 3.05) is 5.32 Å². The summed E-state index contributed by atoms with van der Waals surface area (Å²) in [6.45, 7) is 1.83. The molecule has 0 fully saturated rings. The number of aliphatic hydroxyl groups is 1. The second-order valence-corrected chi connectivity index (χ2v) is 4.77. The number of amides is 1. The molecule has 0 saturated heterocycles. The van der Waals surface area contributed by atoms with E-state index in [4.69, 9.17) is 16.7 Å². The molecule has 0 radical (unpaired) electrons. The molecule has 0 aliphatic rings. The molecule has 1 amide bonds. The van der Waals surface area contributed by atoms with E-state index >= 15 is 0 Å². The highest BCUT2D eigenvalue weighted by molar-refractivity contribution is 6.31.